The van der Waals surface area contributed by atoms with Crippen LogP contribution in [0.3, 0.4) is 0 Å². The van der Waals surface area contributed by atoms with Crippen molar-refractivity contribution < 1.29 is 4.79 Å². The monoisotopic (exact) mass is 395 g/mol. The van der Waals surface area contributed by atoms with Gasteiger partial charge in [0.15, 0.2) is 0 Å². The van der Waals surface area contributed by atoms with E-state index in [1.807, 2.05) is 73.7 Å². The zero-order valence-corrected chi connectivity index (χ0v) is 17.2. The number of nitrogens with zero attached hydrogens (tertiary/aromatic N) is 2. The normalized spacial score (nSPS) is 11.8. The van der Waals surface area contributed by atoms with E-state index < -0.39 is 0 Å². The van der Waals surface area contributed by atoms with Crippen LogP contribution in [0.1, 0.15) is 35.8 Å². The summed E-state index contributed by atoms with van der Waals surface area (Å²) in [6.07, 6.45) is 1.74. The summed E-state index contributed by atoms with van der Waals surface area (Å²) in [5.41, 5.74) is 2.69. The van der Waals surface area contributed by atoms with E-state index in [0.717, 1.165) is 22.3 Å². The van der Waals surface area contributed by atoms with Gasteiger partial charge in [-0.2, -0.15) is 0 Å². The molecule has 0 aliphatic carbocycles. The summed E-state index contributed by atoms with van der Waals surface area (Å²) in [5.74, 6) is 0.727. The summed E-state index contributed by atoms with van der Waals surface area (Å²) in [4.78, 5) is 19.5. The second-order valence-electron chi connectivity index (χ2n) is 7.29. The summed E-state index contributed by atoms with van der Waals surface area (Å²) >= 11 is 0. The summed E-state index contributed by atoms with van der Waals surface area (Å²) in [6, 6.07) is 28.1. The van der Waals surface area contributed by atoms with E-state index in [2.05, 4.69) is 35.4 Å². The number of amides is 1. The molecule has 0 spiro atoms. The van der Waals surface area contributed by atoms with E-state index in [1.165, 1.54) is 5.56 Å². The first-order chi connectivity index (χ1) is 14.7. The quantitative estimate of drug-likeness (QED) is 0.431. The number of rotatable bonds is 6. The van der Waals surface area contributed by atoms with Crippen LogP contribution < -0.4 is 10.2 Å². The third-order valence-electron chi connectivity index (χ3n) is 5.28. The Labute approximate surface area is 177 Å². The van der Waals surface area contributed by atoms with Crippen molar-refractivity contribution in [3.63, 3.8) is 0 Å². The zero-order chi connectivity index (χ0) is 20.9. The Hall–Kier alpha value is -3.66. The Morgan fingerprint density at radius 1 is 0.933 bits per heavy atom. The molecule has 1 aromatic heterocycles. The van der Waals surface area contributed by atoms with Crippen LogP contribution in [0.2, 0.25) is 0 Å². The Morgan fingerprint density at radius 2 is 1.67 bits per heavy atom. The lowest BCUT2D eigenvalue weighted by Crippen LogP contribution is -2.30. The highest BCUT2D eigenvalue weighted by molar-refractivity contribution is 6.08. The van der Waals surface area contributed by atoms with Crippen molar-refractivity contribution in [2.24, 2.45) is 0 Å². The Balaban J connectivity index is 1.58. The smallest absolute Gasteiger partial charge is 0.258 e. The van der Waals surface area contributed by atoms with Crippen LogP contribution in [0.15, 0.2) is 91.1 Å². The van der Waals surface area contributed by atoms with E-state index in [9.17, 15) is 4.79 Å². The lowest BCUT2D eigenvalue weighted by atomic mass is 10.1. The number of pyridine rings is 1. The number of aromatic nitrogens is 1. The Kier molecular flexibility index (Phi) is 5.75. The molecular formula is C26H25N3O. The van der Waals surface area contributed by atoms with Gasteiger partial charge in [-0.05, 0) is 48.4 Å². The van der Waals surface area contributed by atoms with Gasteiger partial charge >= 0.3 is 0 Å². The molecule has 0 saturated carbocycles. The van der Waals surface area contributed by atoms with Crippen LogP contribution in [-0.2, 0) is 0 Å². The van der Waals surface area contributed by atoms with E-state index in [0.29, 0.717) is 12.1 Å². The molecule has 0 aliphatic heterocycles. The van der Waals surface area contributed by atoms with Gasteiger partial charge in [-0.15, -0.1) is 0 Å². The highest BCUT2D eigenvalue weighted by atomic mass is 16.2. The van der Waals surface area contributed by atoms with Gasteiger partial charge in [0.05, 0.1) is 0 Å². The Morgan fingerprint density at radius 3 is 2.43 bits per heavy atom. The second kappa shape index (κ2) is 8.78. The van der Waals surface area contributed by atoms with Crippen molar-refractivity contribution >= 4 is 28.2 Å². The highest BCUT2D eigenvalue weighted by Gasteiger charge is 2.17. The molecule has 1 N–H and O–H groups in total. The van der Waals surface area contributed by atoms with Crippen LogP contribution in [0, 0.1) is 0 Å². The van der Waals surface area contributed by atoms with E-state index in [4.69, 9.17) is 0 Å². The summed E-state index contributed by atoms with van der Waals surface area (Å²) in [6.45, 7) is 4.66. The van der Waals surface area contributed by atoms with Gasteiger partial charge < -0.3 is 10.2 Å². The number of fused-ring (bicyclic) bond motifs is 1. The van der Waals surface area contributed by atoms with Crippen molar-refractivity contribution in [1.29, 1.82) is 0 Å². The van der Waals surface area contributed by atoms with Gasteiger partial charge in [0, 0.05) is 36.1 Å². The SMILES string of the molecule is CCN(C(=O)c1ccc2ccccc2c1)c1ccnc(N[C@H](C)c2ccccc2)c1. The topological polar surface area (TPSA) is 45.2 Å². The maximum absolute atomic E-state index is 13.3. The largest absolute Gasteiger partial charge is 0.363 e. The van der Waals surface area contributed by atoms with Crippen molar-refractivity contribution in [3.05, 3.63) is 102 Å². The van der Waals surface area contributed by atoms with Crippen LogP contribution in [0.5, 0.6) is 0 Å². The maximum atomic E-state index is 13.3. The molecule has 1 atom stereocenters. The van der Waals surface area contributed by atoms with Gasteiger partial charge in [0.25, 0.3) is 5.91 Å². The molecule has 4 heteroatoms. The summed E-state index contributed by atoms with van der Waals surface area (Å²) in [7, 11) is 0. The third kappa shape index (κ3) is 4.18. The molecule has 0 fully saturated rings. The van der Waals surface area contributed by atoms with Crippen LogP contribution in [-0.4, -0.2) is 17.4 Å². The number of benzene rings is 3. The van der Waals surface area contributed by atoms with Crippen molar-refractivity contribution in [1.82, 2.24) is 4.98 Å². The first-order valence-electron chi connectivity index (χ1n) is 10.2. The van der Waals surface area contributed by atoms with Crippen molar-refractivity contribution in [2.45, 2.75) is 19.9 Å². The third-order valence-corrected chi connectivity index (χ3v) is 5.28. The highest BCUT2D eigenvalue weighted by Crippen LogP contribution is 2.24. The molecule has 0 aliphatic rings. The number of anilines is 2. The molecule has 0 radical (unpaired) electrons. The fourth-order valence-corrected chi connectivity index (χ4v) is 3.63. The minimum atomic E-state index is -0.0171. The van der Waals surface area contributed by atoms with Crippen molar-refractivity contribution in [2.75, 3.05) is 16.8 Å². The number of carbonyl (C=O) groups excluding carboxylic acids is 1. The second-order valence-corrected chi connectivity index (χ2v) is 7.29. The number of carbonyl (C=O) groups is 1. The number of hydrogen-bond donors (Lipinski definition) is 1. The van der Waals surface area contributed by atoms with Crippen LogP contribution in [0.4, 0.5) is 11.5 Å². The standard InChI is InChI=1S/C26H25N3O/c1-3-29(26(30)23-14-13-21-11-7-8-12-22(21)17-23)24-15-16-27-25(18-24)28-19(2)20-9-5-4-6-10-20/h4-19H,3H2,1-2H3,(H,27,28)/t19-/m1/s1. The fraction of sp³-hybridized carbons (Fsp3) is 0.154. The number of nitrogens with one attached hydrogen (secondary N) is 1. The van der Waals surface area contributed by atoms with E-state index in [-0.39, 0.29) is 11.9 Å². The molecule has 4 nitrogen and oxygen atoms in total. The van der Waals surface area contributed by atoms with Gasteiger partial charge in [0.2, 0.25) is 0 Å². The average molecular weight is 396 g/mol. The minimum Gasteiger partial charge on any atom is -0.363 e. The fourth-order valence-electron chi connectivity index (χ4n) is 3.63. The van der Waals surface area contributed by atoms with Crippen molar-refractivity contribution in [3.8, 4) is 0 Å². The lowest BCUT2D eigenvalue weighted by molar-refractivity contribution is 0.0988. The lowest BCUT2D eigenvalue weighted by Gasteiger charge is -2.22. The molecule has 3 aromatic carbocycles. The van der Waals surface area contributed by atoms with Gasteiger partial charge in [0.1, 0.15) is 5.82 Å². The minimum absolute atomic E-state index is 0.0171. The predicted octanol–water partition coefficient (Wildman–Crippen LogP) is 6.07. The van der Waals surface area contributed by atoms with Crippen LogP contribution >= 0.6 is 0 Å². The summed E-state index contributed by atoms with van der Waals surface area (Å²) in [5, 5.41) is 5.62. The molecule has 150 valence electrons. The molecule has 0 bridgehead atoms. The zero-order valence-electron chi connectivity index (χ0n) is 17.2. The molecule has 0 saturated heterocycles. The van der Waals surface area contributed by atoms with E-state index >= 15 is 0 Å². The van der Waals surface area contributed by atoms with Crippen LogP contribution in [0.25, 0.3) is 10.8 Å². The first-order valence-corrected chi connectivity index (χ1v) is 10.2. The van der Waals surface area contributed by atoms with Gasteiger partial charge in [-0.3, -0.25) is 4.79 Å². The number of hydrogen-bond acceptors (Lipinski definition) is 3. The van der Waals surface area contributed by atoms with E-state index in [1.54, 1.807) is 11.1 Å². The molecule has 4 aromatic rings. The average Bonchev–Trinajstić information content (AvgIpc) is 2.80. The van der Waals surface area contributed by atoms with Gasteiger partial charge in [-0.25, -0.2) is 4.98 Å². The maximum Gasteiger partial charge on any atom is 0.258 e. The first kappa shape index (κ1) is 19.6. The van der Waals surface area contributed by atoms with Gasteiger partial charge in [-0.1, -0.05) is 60.7 Å². The molecule has 1 heterocycles. The molecule has 1 amide bonds. The molecule has 30 heavy (non-hydrogen) atoms. The molecule has 4 rings (SSSR count). The predicted molar refractivity (Wildman–Crippen MR) is 124 cm³/mol. The summed E-state index contributed by atoms with van der Waals surface area (Å²) < 4.78 is 0. The molecule has 0 unspecified atom stereocenters. The molecular weight excluding hydrogens is 370 g/mol. The Bertz CT molecular complexity index is 1160.